The molecule has 1 heterocycles. The molecule has 18 heavy (non-hydrogen) atoms. The maximum absolute atomic E-state index is 10.5. The van der Waals surface area contributed by atoms with Crippen LogP contribution in [0.1, 0.15) is 43.7 Å². The Bertz CT molecular complexity index is 371. The van der Waals surface area contributed by atoms with Gasteiger partial charge in [0.05, 0.1) is 18.8 Å². The van der Waals surface area contributed by atoms with Crippen LogP contribution >= 0.6 is 0 Å². The van der Waals surface area contributed by atoms with Crippen molar-refractivity contribution < 1.29 is 14.6 Å². The van der Waals surface area contributed by atoms with Gasteiger partial charge in [0.15, 0.2) is 5.79 Å². The lowest BCUT2D eigenvalue weighted by Gasteiger charge is -2.26. The summed E-state index contributed by atoms with van der Waals surface area (Å²) >= 11 is 0. The van der Waals surface area contributed by atoms with Crippen LogP contribution in [-0.4, -0.2) is 18.3 Å². The molecule has 3 rings (SSSR count). The highest BCUT2D eigenvalue weighted by atomic mass is 16.7. The van der Waals surface area contributed by atoms with Gasteiger partial charge in [-0.2, -0.15) is 0 Å². The van der Waals surface area contributed by atoms with Crippen LogP contribution in [0.15, 0.2) is 24.3 Å². The molecule has 1 aliphatic carbocycles. The Balaban J connectivity index is 1.85. The van der Waals surface area contributed by atoms with Crippen LogP contribution < -0.4 is 0 Å². The molecular formula is C15H20O3. The van der Waals surface area contributed by atoms with Crippen LogP contribution in [0, 0.1) is 0 Å². The molecule has 1 aliphatic heterocycles. The third kappa shape index (κ3) is 1.96. The van der Waals surface area contributed by atoms with E-state index in [0.717, 1.165) is 36.8 Å². The third-order valence-corrected chi connectivity index (χ3v) is 4.22. The van der Waals surface area contributed by atoms with Gasteiger partial charge in [0.2, 0.25) is 0 Å². The van der Waals surface area contributed by atoms with Crippen LogP contribution in [0.3, 0.4) is 0 Å². The van der Waals surface area contributed by atoms with E-state index in [4.69, 9.17) is 9.47 Å². The highest BCUT2D eigenvalue weighted by molar-refractivity contribution is 5.30. The van der Waals surface area contributed by atoms with Gasteiger partial charge >= 0.3 is 0 Å². The minimum Gasteiger partial charge on any atom is -0.385 e. The standard InChI is InChI=1S/C15H20O3/c1-14(17-10-11-18-14)12-4-6-13(7-5-12)15(16)8-2-3-9-15/h4-7,16H,2-3,8-11H2,1H3. The van der Waals surface area contributed by atoms with Crippen LogP contribution in [-0.2, 0) is 20.9 Å². The molecule has 0 atom stereocenters. The Kier molecular flexibility index (Phi) is 2.93. The average molecular weight is 248 g/mol. The minimum atomic E-state index is -0.614. The zero-order valence-electron chi connectivity index (χ0n) is 10.8. The zero-order chi connectivity index (χ0) is 12.6. The Labute approximate surface area is 108 Å². The highest BCUT2D eigenvalue weighted by Gasteiger charge is 2.35. The van der Waals surface area contributed by atoms with Gasteiger partial charge in [0.25, 0.3) is 0 Å². The molecule has 2 aliphatic rings. The van der Waals surface area contributed by atoms with Crippen LogP contribution in [0.4, 0.5) is 0 Å². The zero-order valence-corrected chi connectivity index (χ0v) is 10.8. The molecule has 0 amide bonds. The molecule has 0 radical (unpaired) electrons. The van der Waals surface area contributed by atoms with Crippen molar-refractivity contribution in [1.29, 1.82) is 0 Å². The third-order valence-electron chi connectivity index (χ3n) is 4.22. The van der Waals surface area contributed by atoms with Crippen molar-refractivity contribution in [3.05, 3.63) is 35.4 Å². The van der Waals surface area contributed by atoms with E-state index >= 15 is 0 Å². The van der Waals surface area contributed by atoms with Gasteiger partial charge in [-0.25, -0.2) is 0 Å². The fourth-order valence-electron chi connectivity index (χ4n) is 3.01. The van der Waals surface area contributed by atoms with Crippen LogP contribution in [0.2, 0.25) is 0 Å². The number of rotatable bonds is 2. The smallest absolute Gasteiger partial charge is 0.192 e. The molecule has 1 N–H and O–H groups in total. The number of aliphatic hydroxyl groups is 1. The molecule has 1 saturated carbocycles. The lowest BCUT2D eigenvalue weighted by Crippen LogP contribution is -2.24. The lowest BCUT2D eigenvalue weighted by atomic mass is 9.91. The van der Waals surface area contributed by atoms with Crippen molar-refractivity contribution in [2.75, 3.05) is 13.2 Å². The lowest BCUT2D eigenvalue weighted by molar-refractivity contribution is -0.149. The van der Waals surface area contributed by atoms with Gasteiger partial charge in [-0.3, -0.25) is 0 Å². The first-order valence-corrected chi connectivity index (χ1v) is 6.74. The van der Waals surface area contributed by atoms with Crippen molar-refractivity contribution in [2.24, 2.45) is 0 Å². The maximum Gasteiger partial charge on any atom is 0.192 e. The van der Waals surface area contributed by atoms with Gasteiger partial charge in [0, 0.05) is 5.56 Å². The summed E-state index contributed by atoms with van der Waals surface area (Å²) in [4.78, 5) is 0. The van der Waals surface area contributed by atoms with E-state index < -0.39 is 11.4 Å². The largest absolute Gasteiger partial charge is 0.385 e. The van der Waals surface area contributed by atoms with E-state index in [9.17, 15) is 5.11 Å². The molecular weight excluding hydrogens is 228 g/mol. The molecule has 98 valence electrons. The molecule has 3 heteroatoms. The second-order valence-electron chi connectivity index (χ2n) is 5.46. The van der Waals surface area contributed by atoms with Gasteiger partial charge < -0.3 is 14.6 Å². The van der Waals surface area contributed by atoms with E-state index in [0.29, 0.717) is 13.2 Å². The predicted octanol–water partition coefficient (Wildman–Crippen LogP) is 2.67. The summed E-state index contributed by atoms with van der Waals surface area (Å²) in [6.45, 7) is 3.23. The fourth-order valence-corrected chi connectivity index (χ4v) is 3.01. The van der Waals surface area contributed by atoms with E-state index in [1.54, 1.807) is 0 Å². The van der Waals surface area contributed by atoms with Crippen molar-refractivity contribution >= 4 is 0 Å². The van der Waals surface area contributed by atoms with E-state index in [1.165, 1.54) is 0 Å². The molecule has 3 nitrogen and oxygen atoms in total. The predicted molar refractivity (Wildman–Crippen MR) is 68.1 cm³/mol. The Morgan fingerprint density at radius 1 is 0.944 bits per heavy atom. The SMILES string of the molecule is CC1(c2ccc(C3(O)CCCC3)cc2)OCCO1. The number of benzene rings is 1. The van der Waals surface area contributed by atoms with E-state index in [2.05, 4.69) is 0 Å². The van der Waals surface area contributed by atoms with Crippen molar-refractivity contribution in [3.8, 4) is 0 Å². The highest BCUT2D eigenvalue weighted by Crippen LogP contribution is 2.39. The normalized spacial score (nSPS) is 25.4. The van der Waals surface area contributed by atoms with Crippen molar-refractivity contribution in [2.45, 2.75) is 44.0 Å². The molecule has 2 fully saturated rings. The monoisotopic (exact) mass is 248 g/mol. The first kappa shape index (κ1) is 12.2. The summed E-state index contributed by atoms with van der Waals surface area (Å²) in [6.07, 6.45) is 3.97. The minimum absolute atomic E-state index is 0.614. The van der Waals surface area contributed by atoms with Gasteiger partial charge in [-0.1, -0.05) is 37.1 Å². The van der Waals surface area contributed by atoms with Crippen LogP contribution in [0.5, 0.6) is 0 Å². The van der Waals surface area contributed by atoms with Crippen molar-refractivity contribution in [3.63, 3.8) is 0 Å². The van der Waals surface area contributed by atoms with Crippen LogP contribution in [0.25, 0.3) is 0 Å². The second kappa shape index (κ2) is 4.34. The first-order valence-electron chi connectivity index (χ1n) is 6.74. The summed E-state index contributed by atoms with van der Waals surface area (Å²) in [5.41, 5.74) is 1.42. The van der Waals surface area contributed by atoms with E-state index in [-0.39, 0.29) is 0 Å². The molecule has 0 aromatic heterocycles. The Morgan fingerprint density at radius 3 is 2.00 bits per heavy atom. The summed E-state index contributed by atoms with van der Waals surface area (Å²) in [5, 5.41) is 10.5. The second-order valence-corrected chi connectivity index (χ2v) is 5.46. The Hall–Kier alpha value is -0.900. The molecule has 1 aromatic rings. The number of hydrogen-bond acceptors (Lipinski definition) is 3. The molecule has 0 bridgehead atoms. The molecule has 1 aromatic carbocycles. The summed E-state index contributed by atoms with van der Waals surface area (Å²) < 4.78 is 11.3. The molecule has 0 unspecified atom stereocenters. The summed E-state index contributed by atoms with van der Waals surface area (Å²) in [5.74, 6) is -0.614. The van der Waals surface area contributed by atoms with Gasteiger partial charge in [-0.15, -0.1) is 0 Å². The molecule has 0 spiro atoms. The maximum atomic E-state index is 10.5. The average Bonchev–Trinajstić information content (AvgIpc) is 3.01. The van der Waals surface area contributed by atoms with Gasteiger partial charge in [0.1, 0.15) is 0 Å². The fraction of sp³-hybridized carbons (Fsp3) is 0.600. The van der Waals surface area contributed by atoms with Gasteiger partial charge in [-0.05, 0) is 25.3 Å². The van der Waals surface area contributed by atoms with Crippen molar-refractivity contribution in [1.82, 2.24) is 0 Å². The number of ether oxygens (including phenoxy) is 2. The number of hydrogen-bond donors (Lipinski definition) is 1. The molecule has 1 saturated heterocycles. The first-order chi connectivity index (χ1) is 8.62. The summed E-state index contributed by atoms with van der Waals surface area (Å²) in [7, 11) is 0. The topological polar surface area (TPSA) is 38.7 Å². The van der Waals surface area contributed by atoms with E-state index in [1.807, 2.05) is 31.2 Å². The Morgan fingerprint density at radius 2 is 1.44 bits per heavy atom. The summed E-state index contributed by atoms with van der Waals surface area (Å²) in [6, 6.07) is 8.04. The quantitative estimate of drug-likeness (QED) is 0.874.